The van der Waals surface area contributed by atoms with E-state index in [0.717, 1.165) is 46.4 Å². The summed E-state index contributed by atoms with van der Waals surface area (Å²) in [5.41, 5.74) is 7.15. The van der Waals surface area contributed by atoms with E-state index in [0.29, 0.717) is 43.2 Å². The Balaban J connectivity index is 1.27. The largest absolute Gasteiger partial charge is 0.493 e. The lowest BCUT2D eigenvalue weighted by molar-refractivity contribution is 0.306. The van der Waals surface area contributed by atoms with Crippen molar-refractivity contribution in [2.75, 3.05) is 14.2 Å². The number of ether oxygens (including phenoxy) is 3. The number of halogens is 2. The Labute approximate surface area is 274 Å². The average molecular weight is 656 g/mol. The minimum Gasteiger partial charge on any atom is -0.493 e. The molecule has 1 aromatic heterocycles. The van der Waals surface area contributed by atoms with E-state index in [1.165, 1.54) is 16.9 Å². The molecule has 226 valence electrons. The van der Waals surface area contributed by atoms with Crippen molar-refractivity contribution in [1.29, 1.82) is 0 Å². The predicted molar refractivity (Wildman–Crippen MR) is 180 cm³/mol. The van der Waals surface area contributed by atoms with E-state index in [9.17, 15) is 4.79 Å². The highest BCUT2D eigenvalue weighted by Gasteiger charge is 2.33. The molecule has 1 aliphatic heterocycles. The number of hydrogen-bond donors (Lipinski definition) is 0. The highest BCUT2D eigenvalue weighted by Crippen LogP contribution is 2.42. The van der Waals surface area contributed by atoms with E-state index >= 15 is 0 Å². The van der Waals surface area contributed by atoms with Crippen LogP contribution in [0, 0.1) is 0 Å². The Kier molecular flexibility index (Phi) is 8.00. The molecule has 0 bridgehead atoms. The van der Waals surface area contributed by atoms with Crippen LogP contribution < -0.4 is 29.1 Å². The lowest BCUT2D eigenvalue weighted by Gasteiger charge is -2.31. The number of nitrogens with zero attached hydrogens (tertiary/aromatic N) is 2. The summed E-state index contributed by atoms with van der Waals surface area (Å²) in [6, 6.07) is 27.0. The fourth-order valence-electron chi connectivity index (χ4n) is 5.95. The molecule has 0 amide bonds. The summed E-state index contributed by atoms with van der Waals surface area (Å²) in [7, 11) is 3.24. The van der Waals surface area contributed by atoms with Gasteiger partial charge in [-0.3, -0.25) is 9.36 Å². The van der Waals surface area contributed by atoms with Crippen LogP contribution in [-0.4, -0.2) is 18.8 Å². The van der Waals surface area contributed by atoms with Crippen molar-refractivity contribution in [2.45, 2.75) is 25.5 Å². The molecule has 0 fully saturated rings. The number of benzene rings is 4. The van der Waals surface area contributed by atoms with E-state index in [-0.39, 0.29) is 11.6 Å². The van der Waals surface area contributed by atoms with Crippen LogP contribution in [-0.2, 0) is 13.0 Å². The first-order chi connectivity index (χ1) is 21.9. The Morgan fingerprint density at radius 2 is 1.71 bits per heavy atom. The zero-order chi connectivity index (χ0) is 31.1. The van der Waals surface area contributed by atoms with Crippen LogP contribution in [0.1, 0.15) is 40.3 Å². The van der Waals surface area contributed by atoms with Crippen LogP contribution in [0.4, 0.5) is 0 Å². The molecule has 1 atom stereocenters. The zero-order valence-electron chi connectivity index (χ0n) is 24.6. The SMILES string of the molecule is COc1ccc([C@H]2C3=C(N=c4s/c(=C\c5ccc(OCc6ccc(Cl)c(Cl)c6)cc5)c(=O)n42)c2ccccc2CC3)cc1OC. The average Bonchev–Trinajstić information content (AvgIpc) is 3.38. The lowest BCUT2D eigenvalue weighted by atomic mass is 9.83. The first-order valence-electron chi connectivity index (χ1n) is 14.5. The second-order valence-electron chi connectivity index (χ2n) is 10.8. The Hall–Kier alpha value is -4.30. The Morgan fingerprint density at radius 1 is 0.911 bits per heavy atom. The van der Waals surface area contributed by atoms with Gasteiger partial charge >= 0.3 is 0 Å². The van der Waals surface area contributed by atoms with Crippen molar-refractivity contribution in [2.24, 2.45) is 4.99 Å². The summed E-state index contributed by atoms with van der Waals surface area (Å²) in [6.45, 7) is 0.360. The number of rotatable bonds is 7. The summed E-state index contributed by atoms with van der Waals surface area (Å²) in [5, 5.41) is 1.00. The van der Waals surface area contributed by atoms with E-state index in [1.807, 2.05) is 65.2 Å². The van der Waals surface area contributed by atoms with Gasteiger partial charge in [-0.15, -0.1) is 0 Å². The standard InChI is InChI=1S/C36H28Cl2N2O4S/c1-42-30-16-11-24(19-31(30)43-2)34-27-14-10-23-5-3-4-6-26(23)33(27)39-36-40(34)35(41)32(45-36)18-21-7-12-25(13-8-21)44-20-22-9-15-28(37)29(38)17-22/h3-9,11-13,15-19,34H,10,14,20H2,1-2H3/b32-18-/t34-/m0/s1. The predicted octanol–water partition coefficient (Wildman–Crippen LogP) is 7.22. The van der Waals surface area contributed by atoms with E-state index in [1.54, 1.807) is 26.4 Å². The number of allylic oxidation sites excluding steroid dienone is 1. The number of methoxy groups -OCH3 is 2. The number of thiazole rings is 1. The molecule has 0 radical (unpaired) electrons. The molecule has 0 spiro atoms. The monoisotopic (exact) mass is 654 g/mol. The summed E-state index contributed by atoms with van der Waals surface area (Å²) in [6.07, 6.45) is 3.61. The maximum absolute atomic E-state index is 14.1. The maximum atomic E-state index is 14.1. The zero-order valence-corrected chi connectivity index (χ0v) is 26.9. The molecule has 5 aromatic rings. The topological polar surface area (TPSA) is 62.0 Å². The summed E-state index contributed by atoms with van der Waals surface area (Å²) < 4.78 is 19.5. The van der Waals surface area contributed by atoms with Gasteiger partial charge in [0, 0.05) is 5.56 Å². The molecule has 0 N–H and O–H groups in total. The normalized spacial score (nSPS) is 15.6. The fourth-order valence-corrected chi connectivity index (χ4v) is 7.27. The number of aryl methyl sites for hydroxylation is 1. The molecule has 2 aliphatic rings. The molecule has 4 aromatic carbocycles. The van der Waals surface area contributed by atoms with Gasteiger partial charge in [-0.1, -0.05) is 83.1 Å². The highest BCUT2D eigenvalue weighted by molar-refractivity contribution is 7.07. The fraction of sp³-hybridized carbons (Fsp3) is 0.167. The molecule has 0 unspecified atom stereocenters. The second-order valence-corrected chi connectivity index (χ2v) is 12.7. The van der Waals surface area contributed by atoms with Gasteiger partial charge in [-0.05, 0) is 83.1 Å². The first-order valence-corrected chi connectivity index (χ1v) is 16.0. The van der Waals surface area contributed by atoms with Crippen LogP contribution >= 0.6 is 34.5 Å². The van der Waals surface area contributed by atoms with Gasteiger partial charge in [0.1, 0.15) is 12.4 Å². The third-order valence-electron chi connectivity index (χ3n) is 8.16. The van der Waals surface area contributed by atoms with Gasteiger partial charge in [-0.2, -0.15) is 0 Å². The quantitative estimate of drug-likeness (QED) is 0.186. The molecule has 1 aliphatic carbocycles. The molecular weight excluding hydrogens is 627 g/mol. The molecule has 0 saturated carbocycles. The number of fused-ring (bicyclic) bond motifs is 3. The lowest BCUT2D eigenvalue weighted by Crippen LogP contribution is -2.38. The Morgan fingerprint density at radius 3 is 2.49 bits per heavy atom. The van der Waals surface area contributed by atoms with E-state index in [4.69, 9.17) is 42.4 Å². The van der Waals surface area contributed by atoms with Gasteiger partial charge in [0.05, 0.1) is 40.5 Å². The third kappa shape index (κ3) is 5.56. The van der Waals surface area contributed by atoms with Gasteiger partial charge in [0.15, 0.2) is 16.3 Å². The highest BCUT2D eigenvalue weighted by atomic mass is 35.5. The van der Waals surface area contributed by atoms with Crippen LogP contribution in [0.2, 0.25) is 10.0 Å². The minimum atomic E-state index is -0.316. The third-order valence-corrected chi connectivity index (χ3v) is 9.89. The van der Waals surface area contributed by atoms with Gasteiger partial charge in [-0.25, -0.2) is 4.99 Å². The first kappa shape index (κ1) is 29.4. The van der Waals surface area contributed by atoms with Crippen molar-refractivity contribution in [3.63, 3.8) is 0 Å². The number of aromatic nitrogens is 1. The van der Waals surface area contributed by atoms with Crippen molar-refractivity contribution < 1.29 is 14.2 Å². The van der Waals surface area contributed by atoms with Crippen molar-refractivity contribution in [1.82, 2.24) is 4.57 Å². The van der Waals surface area contributed by atoms with Crippen molar-refractivity contribution in [3.8, 4) is 17.2 Å². The molecule has 9 heteroatoms. The van der Waals surface area contributed by atoms with Gasteiger partial charge in [0.2, 0.25) is 0 Å². The maximum Gasteiger partial charge on any atom is 0.271 e. The Bertz CT molecular complexity index is 2150. The smallest absolute Gasteiger partial charge is 0.271 e. The summed E-state index contributed by atoms with van der Waals surface area (Å²) in [5.74, 6) is 1.97. The van der Waals surface area contributed by atoms with Gasteiger partial charge in [0.25, 0.3) is 5.56 Å². The van der Waals surface area contributed by atoms with Crippen LogP contribution in [0.15, 0.2) is 100 Å². The molecule has 6 nitrogen and oxygen atoms in total. The van der Waals surface area contributed by atoms with Crippen molar-refractivity contribution in [3.05, 3.63) is 148 Å². The van der Waals surface area contributed by atoms with E-state index < -0.39 is 0 Å². The molecular formula is C36H28Cl2N2O4S. The van der Waals surface area contributed by atoms with Crippen LogP contribution in [0.3, 0.4) is 0 Å². The molecule has 45 heavy (non-hydrogen) atoms. The van der Waals surface area contributed by atoms with Crippen molar-refractivity contribution >= 4 is 46.3 Å². The van der Waals surface area contributed by atoms with Crippen LogP contribution in [0.5, 0.6) is 17.2 Å². The number of hydrogen-bond acceptors (Lipinski definition) is 6. The van der Waals surface area contributed by atoms with Crippen LogP contribution in [0.25, 0.3) is 11.8 Å². The van der Waals surface area contributed by atoms with E-state index in [2.05, 4.69) is 18.2 Å². The summed E-state index contributed by atoms with van der Waals surface area (Å²) >= 11 is 13.6. The molecule has 7 rings (SSSR count). The van der Waals surface area contributed by atoms with Gasteiger partial charge < -0.3 is 14.2 Å². The second kappa shape index (κ2) is 12.2. The molecule has 2 heterocycles. The summed E-state index contributed by atoms with van der Waals surface area (Å²) in [4.78, 5) is 19.9. The minimum absolute atomic E-state index is 0.0797. The molecule has 0 saturated heterocycles.